The maximum Gasteiger partial charge on any atom is 0.314 e. The molecule has 1 aliphatic carbocycles. The molecule has 1 unspecified atom stereocenters. The molecule has 2 fully saturated rings. The van der Waals surface area contributed by atoms with Gasteiger partial charge in [0.05, 0.1) is 19.8 Å². The zero-order chi connectivity index (χ0) is 28.8. The van der Waals surface area contributed by atoms with Crippen LogP contribution in [0.2, 0.25) is 0 Å². The lowest BCUT2D eigenvalue weighted by Crippen LogP contribution is -2.71. The highest BCUT2D eigenvalue weighted by Crippen LogP contribution is 2.62. The van der Waals surface area contributed by atoms with E-state index in [0.29, 0.717) is 13.1 Å². The Kier molecular flexibility index (Phi) is 6.82. The minimum Gasteiger partial charge on any atom is -0.489 e. The Bertz CT molecular complexity index is 1390. The summed E-state index contributed by atoms with van der Waals surface area (Å²) in [5.41, 5.74) is 2.21. The summed E-state index contributed by atoms with van der Waals surface area (Å²) in [5.74, 6) is -1.88. The number of methoxy groups -OCH3 is 2. The molecule has 3 heterocycles. The number of carbonyl (C=O) groups excluding carboxylic acids is 2. The first-order valence-corrected chi connectivity index (χ1v) is 14.0. The van der Waals surface area contributed by atoms with Gasteiger partial charge in [0.25, 0.3) is 0 Å². The number of ether oxygens (including phenoxy) is 3. The van der Waals surface area contributed by atoms with E-state index in [2.05, 4.69) is 84.3 Å². The van der Waals surface area contributed by atoms with Crippen LogP contribution in [0.15, 0.2) is 115 Å². The van der Waals surface area contributed by atoms with Gasteiger partial charge in [0.2, 0.25) is 0 Å². The number of likely N-dealkylation sites (tertiary alicyclic amines) is 1. The third-order valence-corrected chi connectivity index (χ3v) is 9.38. The molecular weight excluding hydrogens is 514 g/mol. The van der Waals surface area contributed by atoms with Crippen molar-refractivity contribution in [2.75, 3.05) is 27.3 Å². The van der Waals surface area contributed by atoms with Gasteiger partial charge < -0.3 is 14.2 Å². The summed E-state index contributed by atoms with van der Waals surface area (Å²) in [6.07, 6.45) is 1.44. The highest BCUT2D eigenvalue weighted by Gasteiger charge is 2.72. The van der Waals surface area contributed by atoms with Crippen molar-refractivity contribution in [1.82, 2.24) is 4.90 Å². The molecule has 41 heavy (non-hydrogen) atoms. The second-order valence-electron chi connectivity index (χ2n) is 11.2. The van der Waals surface area contributed by atoms with Gasteiger partial charge in [-0.15, -0.1) is 0 Å². The van der Waals surface area contributed by atoms with E-state index in [1.54, 1.807) is 0 Å². The first-order valence-electron chi connectivity index (χ1n) is 14.0. The van der Waals surface area contributed by atoms with E-state index in [9.17, 15) is 9.59 Å². The van der Waals surface area contributed by atoms with E-state index in [1.807, 2.05) is 31.2 Å². The maximum absolute atomic E-state index is 14.0. The SMILES string of the molecule is C=C(C)[C@H]1CN(C(c2ccccc2)(c2ccccc2)c2ccccc2)CC2C3=C[C@H](O3)[C@@H](C(=O)OC)[C@@]21C(=O)OC. The van der Waals surface area contributed by atoms with E-state index in [1.165, 1.54) is 14.2 Å². The zero-order valence-corrected chi connectivity index (χ0v) is 23.7. The molecule has 3 aromatic rings. The minimum atomic E-state index is -1.20. The van der Waals surface area contributed by atoms with Gasteiger partial charge in [0.15, 0.2) is 0 Å². The molecule has 0 saturated carbocycles. The normalized spacial score (nSPS) is 26.9. The molecule has 2 bridgehead atoms. The molecule has 2 saturated heterocycles. The van der Waals surface area contributed by atoms with Gasteiger partial charge in [0, 0.05) is 24.9 Å². The topological polar surface area (TPSA) is 65.1 Å². The van der Waals surface area contributed by atoms with E-state index in [4.69, 9.17) is 14.2 Å². The molecule has 4 aliphatic rings. The van der Waals surface area contributed by atoms with Crippen molar-refractivity contribution in [1.29, 1.82) is 0 Å². The molecule has 6 nitrogen and oxygen atoms in total. The predicted molar refractivity (Wildman–Crippen MR) is 155 cm³/mol. The lowest BCUT2D eigenvalue weighted by Gasteiger charge is -2.63. The van der Waals surface area contributed by atoms with Crippen molar-refractivity contribution < 1.29 is 23.8 Å². The summed E-state index contributed by atoms with van der Waals surface area (Å²) >= 11 is 0. The quantitative estimate of drug-likeness (QED) is 0.225. The number of esters is 2. The summed E-state index contributed by atoms with van der Waals surface area (Å²) in [7, 11) is 2.75. The average Bonchev–Trinajstić information content (AvgIpc) is 3.00. The van der Waals surface area contributed by atoms with Gasteiger partial charge >= 0.3 is 11.9 Å². The van der Waals surface area contributed by atoms with Crippen LogP contribution in [0.1, 0.15) is 23.6 Å². The summed E-state index contributed by atoms with van der Waals surface area (Å²) in [6, 6.07) is 31.4. The van der Waals surface area contributed by atoms with E-state index >= 15 is 0 Å². The average molecular weight is 550 g/mol. The van der Waals surface area contributed by atoms with E-state index in [0.717, 1.165) is 28.0 Å². The van der Waals surface area contributed by atoms with Gasteiger partial charge in [-0.25, -0.2) is 0 Å². The molecule has 210 valence electrons. The first-order chi connectivity index (χ1) is 19.9. The van der Waals surface area contributed by atoms with Crippen LogP contribution in [0.3, 0.4) is 0 Å². The fourth-order valence-electron chi connectivity index (χ4n) is 7.74. The van der Waals surface area contributed by atoms with Gasteiger partial charge in [-0.2, -0.15) is 0 Å². The second-order valence-corrected chi connectivity index (χ2v) is 11.2. The van der Waals surface area contributed by atoms with Crippen molar-refractivity contribution in [3.8, 4) is 0 Å². The lowest BCUT2D eigenvalue weighted by molar-refractivity contribution is -0.211. The third kappa shape index (κ3) is 3.81. The van der Waals surface area contributed by atoms with Gasteiger partial charge in [0.1, 0.15) is 23.2 Å². The Morgan fingerprint density at radius 3 is 1.76 bits per heavy atom. The maximum atomic E-state index is 14.0. The summed E-state index contributed by atoms with van der Waals surface area (Å²) < 4.78 is 17.0. The fraction of sp³-hybridized carbons (Fsp3) is 0.314. The third-order valence-electron chi connectivity index (χ3n) is 9.38. The molecule has 3 aliphatic heterocycles. The molecule has 0 radical (unpaired) electrons. The summed E-state index contributed by atoms with van der Waals surface area (Å²) in [4.78, 5) is 29.9. The Labute approximate surface area is 241 Å². The number of carbonyl (C=O) groups is 2. The van der Waals surface area contributed by atoms with Crippen LogP contribution in [0.25, 0.3) is 0 Å². The summed E-state index contributed by atoms with van der Waals surface area (Å²) in [6.45, 7) is 7.23. The van der Waals surface area contributed by atoms with Crippen LogP contribution in [-0.2, 0) is 29.3 Å². The van der Waals surface area contributed by atoms with E-state index < -0.39 is 46.8 Å². The molecule has 0 amide bonds. The molecule has 0 aromatic heterocycles. The van der Waals surface area contributed by atoms with Crippen molar-refractivity contribution in [2.24, 2.45) is 23.2 Å². The number of rotatable bonds is 7. The molecule has 3 aromatic carbocycles. The van der Waals surface area contributed by atoms with Crippen molar-refractivity contribution in [3.63, 3.8) is 0 Å². The Morgan fingerprint density at radius 2 is 1.34 bits per heavy atom. The fourth-order valence-corrected chi connectivity index (χ4v) is 7.74. The highest BCUT2D eigenvalue weighted by molar-refractivity contribution is 5.89. The van der Waals surface area contributed by atoms with Crippen molar-refractivity contribution in [3.05, 3.63) is 132 Å². The minimum absolute atomic E-state index is 0.414. The molecule has 7 rings (SSSR count). The number of hydrogen-bond donors (Lipinski definition) is 0. The number of benzene rings is 3. The van der Waals surface area contributed by atoms with Crippen molar-refractivity contribution in [2.45, 2.75) is 18.6 Å². The van der Waals surface area contributed by atoms with Crippen LogP contribution in [0.4, 0.5) is 0 Å². The van der Waals surface area contributed by atoms with Gasteiger partial charge in [-0.3, -0.25) is 14.5 Å². The molecule has 0 N–H and O–H groups in total. The monoisotopic (exact) mass is 549 g/mol. The van der Waals surface area contributed by atoms with Crippen molar-refractivity contribution >= 4 is 11.9 Å². The van der Waals surface area contributed by atoms with Crippen LogP contribution in [-0.4, -0.2) is 50.3 Å². The van der Waals surface area contributed by atoms with Gasteiger partial charge in [-0.1, -0.05) is 103 Å². The Morgan fingerprint density at radius 1 is 0.854 bits per heavy atom. The standard InChI is InChI=1S/C35H35NO5/c1-23(2)27-21-36(22-28-29-20-30(41-29)31(32(37)39-3)34(27,28)33(38)40-4)35(24-14-8-5-9-15-24,25-16-10-6-11-17-25)26-18-12-7-13-19-26/h5-20,27-28,30-31H,1,21-22H2,2-4H3/t27-,28?,30+,31+,34+/m1/s1. The van der Waals surface area contributed by atoms with Crippen LogP contribution >= 0.6 is 0 Å². The van der Waals surface area contributed by atoms with Crippen LogP contribution in [0.5, 0.6) is 0 Å². The second kappa shape index (κ2) is 10.3. The number of hydrogen-bond acceptors (Lipinski definition) is 6. The first kappa shape index (κ1) is 27.0. The smallest absolute Gasteiger partial charge is 0.314 e. The molecular formula is C35H35NO5. The Balaban J connectivity index is 1.63. The lowest BCUT2D eigenvalue weighted by atomic mass is 9.50. The number of piperidine rings is 1. The highest BCUT2D eigenvalue weighted by atomic mass is 16.5. The van der Waals surface area contributed by atoms with E-state index in [-0.39, 0.29) is 0 Å². The molecule has 5 atom stereocenters. The zero-order valence-electron chi connectivity index (χ0n) is 23.7. The predicted octanol–water partition coefficient (Wildman–Crippen LogP) is 5.35. The largest absolute Gasteiger partial charge is 0.489 e. The molecule has 0 spiro atoms. The number of nitrogens with zero attached hydrogens (tertiary/aromatic N) is 1. The van der Waals surface area contributed by atoms with Crippen LogP contribution < -0.4 is 0 Å². The molecule has 6 heteroatoms. The van der Waals surface area contributed by atoms with Crippen LogP contribution in [0, 0.1) is 23.2 Å². The van der Waals surface area contributed by atoms with Gasteiger partial charge in [-0.05, 0) is 29.7 Å². The Hall–Kier alpha value is -4.16. The summed E-state index contributed by atoms with van der Waals surface area (Å²) in [5, 5.41) is 0.